The Bertz CT molecular complexity index is 922. The van der Waals surface area contributed by atoms with E-state index < -0.39 is 23.3 Å². The van der Waals surface area contributed by atoms with Crippen LogP contribution in [0.2, 0.25) is 0 Å². The average molecular weight is 507 g/mol. The Morgan fingerprint density at radius 1 is 1.14 bits per heavy atom. The summed E-state index contributed by atoms with van der Waals surface area (Å²) in [6, 6.07) is 6.60. The van der Waals surface area contributed by atoms with Gasteiger partial charge in [0.2, 0.25) is 0 Å². The number of nitrogens with zero attached hydrogens (tertiary/aromatic N) is 1. The lowest BCUT2D eigenvalue weighted by atomic mass is 9.80. The number of carbonyl (C=O) groups excluding carboxylic acids is 2. The predicted octanol–water partition coefficient (Wildman–Crippen LogP) is 5.50. The molecule has 0 spiro atoms. The smallest absolute Gasteiger partial charge is 0.407 e. The molecular formula is C28H40F2N2O4. The van der Waals surface area contributed by atoms with Gasteiger partial charge in [0, 0.05) is 25.0 Å². The summed E-state index contributed by atoms with van der Waals surface area (Å²) >= 11 is 0. The lowest BCUT2D eigenvalue weighted by molar-refractivity contribution is -0.153. The zero-order valence-electron chi connectivity index (χ0n) is 21.7. The van der Waals surface area contributed by atoms with Crippen molar-refractivity contribution in [1.29, 1.82) is 0 Å². The van der Waals surface area contributed by atoms with Crippen LogP contribution in [0.1, 0.15) is 83.6 Å². The zero-order chi connectivity index (χ0) is 25.9. The minimum Gasteiger partial charge on any atom is -0.444 e. The highest BCUT2D eigenvalue weighted by Crippen LogP contribution is 2.39. The number of halogens is 2. The number of benzene rings is 1. The van der Waals surface area contributed by atoms with Crippen molar-refractivity contribution in [1.82, 2.24) is 10.2 Å². The predicted molar refractivity (Wildman–Crippen MR) is 133 cm³/mol. The van der Waals surface area contributed by atoms with Crippen LogP contribution >= 0.6 is 0 Å². The second kappa shape index (κ2) is 11.0. The Balaban J connectivity index is 1.34. The van der Waals surface area contributed by atoms with E-state index in [4.69, 9.17) is 9.47 Å². The summed E-state index contributed by atoms with van der Waals surface area (Å²) in [7, 11) is 0. The quantitative estimate of drug-likeness (QED) is 0.553. The van der Waals surface area contributed by atoms with Gasteiger partial charge in [-0.2, -0.15) is 0 Å². The minimum atomic E-state index is -1.73. The van der Waals surface area contributed by atoms with Crippen LogP contribution in [-0.4, -0.2) is 60.0 Å². The number of ether oxygens (including phenoxy) is 2. The van der Waals surface area contributed by atoms with Gasteiger partial charge in [-0.05, 0) is 95.8 Å². The molecule has 200 valence electrons. The molecule has 2 amide bonds. The van der Waals surface area contributed by atoms with Crippen LogP contribution in [0.5, 0.6) is 0 Å². The van der Waals surface area contributed by atoms with Gasteiger partial charge in [0.15, 0.2) is 5.67 Å². The topological polar surface area (TPSA) is 67.9 Å². The third-order valence-electron chi connectivity index (χ3n) is 7.79. The van der Waals surface area contributed by atoms with E-state index in [2.05, 4.69) is 5.32 Å². The molecule has 1 aliphatic heterocycles. The van der Waals surface area contributed by atoms with Gasteiger partial charge < -0.3 is 19.7 Å². The average Bonchev–Trinajstić information content (AvgIpc) is 2.80. The SMILES string of the molecule is CC(C)(C)OC(=O)N[C@H]1CCN(C(=O)C2(F)CCC2)C[C@H]1COC1CCC(c2cccc(F)c2)CC1. The van der Waals surface area contributed by atoms with Gasteiger partial charge in [0.25, 0.3) is 5.91 Å². The van der Waals surface area contributed by atoms with Gasteiger partial charge >= 0.3 is 6.09 Å². The van der Waals surface area contributed by atoms with Gasteiger partial charge in [0.05, 0.1) is 12.7 Å². The van der Waals surface area contributed by atoms with Crippen molar-refractivity contribution in [2.75, 3.05) is 19.7 Å². The Labute approximate surface area is 213 Å². The highest BCUT2D eigenvalue weighted by Gasteiger charge is 2.48. The van der Waals surface area contributed by atoms with Crippen molar-refractivity contribution in [2.24, 2.45) is 5.92 Å². The molecule has 2 atom stereocenters. The number of amides is 2. The van der Waals surface area contributed by atoms with E-state index in [9.17, 15) is 18.4 Å². The van der Waals surface area contributed by atoms with Gasteiger partial charge in [0.1, 0.15) is 11.4 Å². The molecule has 1 saturated heterocycles. The fraction of sp³-hybridized carbons (Fsp3) is 0.714. The molecular weight excluding hydrogens is 466 g/mol. The van der Waals surface area contributed by atoms with Gasteiger partial charge in [-0.3, -0.25) is 4.79 Å². The van der Waals surface area contributed by atoms with E-state index in [0.717, 1.165) is 37.7 Å². The van der Waals surface area contributed by atoms with E-state index in [-0.39, 0.29) is 36.7 Å². The monoisotopic (exact) mass is 506 g/mol. The van der Waals surface area contributed by atoms with Crippen molar-refractivity contribution in [3.05, 3.63) is 35.6 Å². The van der Waals surface area contributed by atoms with Crippen LogP contribution in [-0.2, 0) is 14.3 Å². The number of alkyl carbamates (subject to hydrolysis) is 1. The fourth-order valence-electron chi connectivity index (χ4n) is 5.60. The van der Waals surface area contributed by atoms with Crippen LogP contribution in [0.15, 0.2) is 24.3 Å². The molecule has 0 unspecified atom stereocenters. The number of nitrogens with one attached hydrogen (secondary N) is 1. The molecule has 1 aromatic rings. The molecule has 36 heavy (non-hydrogen) atoms. The molecule has 0 aromatic heterocycles. The van der Waals surface area contributed by atoms with E-state index >= 15 is 0 Å². The van der Waals surface area contributed by atoms with E-state index in [0.29, 0.717) is 32.0 Å². The largest absolute Gasteiger partial charge is 0.444 e. The van der Waals surface area contributed by atoms with Crippen LogP contribution in [0, 0.1) is 11.7 Å². The third kappa shape index (κ3) is 6.75. The van der Waals surface area contributed by atoms with Crippen molar-refractivity contribution < 1.29 is 27.8 Å². The molecule has 4 rings (SSSR count). The van der Waals surface area contributed by atoms with Gasteiger partial charge in [-0.15, -0.1) is 0 Å². The standard InChI is InChI=1S/C28H40F2N2O4/c1-27(2,3)36-26(34)31-24-12-15-32(25(33)28(30)13-5-14-28)17-21(24)18-35-23-10-8-19(9-11-23)20-6-4-7-22(29)16-20/h4,6-7,16,19,21,23-24H,5,8-15,17-18H2,1-3H3,(H,31,34)/t19?,21-,23?,24-/m0/s1. The van der Waals surface area contributed by atoms with Crippen LogP contribution in [0.25, 0.3) is 0 Å². The van der Waals surface area contributed by atoms with Crippen LogP contribution in [0.3, 0.4) is 0 Å². The Morgan fingerprint density at radius 3 is 2.47 bits per heavy atom. The first-order valence-electron chi connectivity index (χ1n) is 13.4. The van der Waals surface area contributed by atoms with E-state index in [1.807, 2.05) is 26.8 Å². The maximum Gasteiger partial charge on any atom is 0.407 e. The molecule has 1 aromatic carbocycles. The third-order valence-corrected chi connectivity index (χ3v) is 7.79. The highest BCUT2D eigenvalue weighted by atomic mass is 19.1. The molecule has 2 aliphatic carbocycles. The summed E-state index contributed by atoms with van der Waals surface area (Å²) in [5.74, 6) is -0.458. The minimum absolute atomic E-state index is 0.0715. The normalized spacial score (nSPS) is 28.2. The van der Waals surface area contributed by atoms with Crippen molar-refractivity contribution in [2.45, 2.75) is 101 Å². The summed E-state index contributed by atoms with van der Waals surface area (Å²) in [6.45, 7) is 6.57. The zero-order valence-corrected chi connectivity index (χ0v) is 21.7. The number of piperidine rings is 1. The first-order chi connectivity index (χ1) is 17.0. The summed E-state index contributed by atoms with van der Waals surface area (Å²) < 4.78 is 40.2. The van der Waals surface area contributed by atoms with Crippen LogP contribution in [0.4, 0.5) is 13.6 Å². The molecule has 3 fully saturated rings. The molecule has 2 saturated carbocycles. The van der Waals surface area contributed by atoms with Crippen molar-refractivity contribution >= 4 is 12.0 Å². The number of rotatable bonds is 6. The van der Waals surface area contributed by atoms with Crippen molar-refractivity contribution in [3.8, 4) is 0 Å². The highest BCUT2D eigenvalue weighted by molar-refractivity contribution is 5.86. The lowest BCUT2D eigenvalue weighted by Crippen LogP contribution is -2.58. The Kier molecular flexibility index (Phi) is 8.22. The summed E-state index contributed by atoms with van der Waals surface area (Å²) in [6.07, 6.45) is 5.01. The number of likely N-dealkylation sites (tertiary alicyclic amines) is 1. The lowest BCUT2D eigenvalue weighted by Gasteiger charge is -2.43. The molecule has 0 bridgehead atoms. The van der Waals surface area contributed by atoms with Crippen LogP contribution < -0.4 is 5.32 Å². The Hall–Kier alpha value is -2.22. The number of alkyl halides is 1. The summed E-state index contributed by atoms with van der Waals surface area (Å²) in [5.41, 5.74) is -1.31. The first kappa shape index (κ1) is 26.8. The van der Waals surface area contributed by atoms with E-state index in [1.165, 1.54) is 6.07 Å². The number of carbonyl (C=O) groups is 2. The van der Waals surface area contributed by atoms with Gasteiger partial charge in [-0.1, -0.05) is 12.1 Å². The molecule has 8 heteroatoms. The Morgan fingerprint density at radius 2 is 1.86 bits per heavy atom. The molecule has 1 heterocycles. The van der Waals surface area contributed by atoms with Crippen molar-refractivity contribution in [3.63, 3.8) is 0 Å². The number of hydrogen-bond acceptors (Lipinski definition) is 4. The molecule has 0 radical (unpaired) electrons. The van der Waals surface area contributed by atoms with E-state index in [1.54, 1.807) is 17.0 Å². The molecule has 3 aliphatic rings. The summed E-state index contributed by atoms with van der Waals surface area (Å²) in [5, 5.41) is 2.96. The maximum atomic E-state index is 14.8. The van der Waals surface area contributed by atoms with Gasteiger partial charge in [-0.25, -0.2) is 13.6 Å². The molecule has 1 N–H and O–H groups in total. The second-order valence-electron chi connectivity index (χ2n) is 11.7. The number of hydrogen-bond donors (Lipinski definition) is 1. The summed E-state index contributed by atoms with van der Waals surface area (Å²) in [4.78, 5) is 26.9. The molecule has 6 nitrogen and oxygen atoms in total. The first-order valence-corrected chi connectivity index (χ1v) is 13.4. The second-order valence-corrected chi connectivity index (χ2v) is 11.7. The maximum absolute atomic E-state index is 14.8. The fourth-order valence-corrected chi connectivity index (χ4v) is 5.60.